The fourth-order valence-electron chi connectivity index (χ4n) is 1.69. The molecule has 0 nitrogen and oxygen atoms in total. The summed E-state index contributed by atoms with van der Waals surface area (Å²) < 4.78 is 0. The Labute approximate surface area is 94.7 Å². The van der Waals surface area contributed by atoms with Crippen LogP contribution in [0.5, 0.6) is 0 Å². The van der Waals surface area contributed by atoms with Crippen molar-refractivity contribution in [3.8, 4) is 11.1 Å². The molecule has 0 heteroatoms. The van der Waals surface area contributed by atoms with Crippen LogP contribution in [-0.4, -0.2) is 0 Å². The second-order valence-electron chi connectivity index (χ2n) is 4.35. The standard InChI is InChI=1S/C9H20.C6H4/c1-3-5-7-9-8-6-4-2;1-2-6-4-3-5(1)6/h3-9H2,1-2H3;1-4H. The molecule has 84 valence electrons. The average molecular weight is 204 g/mol. The molecule has 0 aromatic carbocycles. The molecule has 2 aliphatic carbocycles. The van der Waals surface area contributed by atoms with Gasteiger partial charge in [-0.2, -0.15) is 0 Å². The van der Waals surface area contributed by atoms with Gasteiger partial charge < -0.3 is 0 Å². The van der Waals surface area contributed by atoms with Crippen LogP contribution in [0.25, 0.3) is 11.1 Å². The van der Waals surface area contributed by atoms with Gasteiger partial charge in [-0.05, 0) is 11.1 Å². The maximum Gasteiger partial charge on any atom is -0.0184 e. The SMILES string of the molecule is CCCCCCCCC.c1cc2ccc1-2. The molecule has 0 fully saturated rings. The van der Waals surface area contributed by atoms with E-state index in [1.165, 1.54) is 56.1 Å². The van der Waals surface area contributed by atoms with Crippen LogP contribution in [0.1, 0.15) is 58.8 Å². The van der Waals surface area contributed by atoms with Crippen molar-refractivity contribution in [1.82, 2.24) is 0 Å². The van der Waals surface area contributed by atoms with Gasteiger partial charge in [0.2, 0.25) is 0 Å². The Morgan fingerprint density at radius 1 is 0.600 bits per heavy atom. The highest BCUT2D eigenvalue weighted by molar-refractivity contribution is 5.75. The third-order valence-electron chi connectivity index (χ3n) is 2.93. The molecule has 0 radical (unpaired) electrons. The largest absolute Gasteiger partial charge is 0.0654 e. The van der Waals surface area contributed by atoms with Crippen LogP contribution in [0.2, 0.25) is 0 Å². The third kappa shape index (κ3) is 4.51. The van der Waals surface area contributed by atoms with Gasteiger partial charge in [0, 0.05) is 0 Å². The summed E-state index contributed by atoms with van der Waals surface area (Å²) in [5.74, 6) is 0. The molecule has 0 bridgehead atoms. The number of hydrogen-bond acceptors (Lipinski definition) is 0. The van der Waals surface area contributed by atoms with Crippen LogP contribution in [0.15, 0.2) is 24.3 Å². The molecule has 0 saturated carbocycles. The highest BCUT2D eigenvalue weighted by atomic mass is 14.1. The Hall–Kier alpha value is -0.780. The summed E-state index contributed by atoms with van der Waals surface area (Å²) in [6.45, 7) is 4.53. The van der Waals surface area contributed by atoms with Crippen molar-refractivity contribution in [3.05, 3.63) is 24.3 Å². The Balaban J connectivity index is 0.000000158. The van der Waals surface area contributed by atoms with Crippen LogP contribution in [0.3, 0.4) is 0 Å². The summed E-state index contributed by atoms with van der Waals surface area (Å²) in [5.41, 5.74) is 2.85. The van der Waals surface area contributed by atoms with Crippen LogP contribution in [0, 0.1) is 0 Å². The molecule has 0 spiro atoms. The van der Waals surface area contributed by atoms with E-state index in [0.29, 0.717) is 0 Å². The van der Waals surface area contributed by atoms with Crippen molar-refractivity contribution in [3.63, 3.8) is 0 Å². The van der Waals surface area contributed by atoms with Gasteiger partial charge in [-0.25, -0.2) is 0 Å². The summed E-state index contributed by atoms with van der Waals surface area (Å²) in [7, 11) is 0. The number of benzene rings is 1. The summed E-state index contributed by atoms with van der Waals surface area (Å²) >= 11 is 0. The van der Waals surface area contributed by atoms with E-state index in [1.807, 2.05) is 0 Å². The minimum Gasteiger partial charge on any atom is -0.0654 e. The van der Waals surface area contributed by atoms with E-state index < -0.39 is 0 Å². The molecule has 0 N–H and O–H groups in total. The first-order valence-corrected chi connectivity index (χ1v) is 6.49. The number of fused-ring (bicyclic) bond motifs is 1. The van der Waals surface area contributed by atoms with E-state index in [1.54, 1.807) is 0 Å². The zero-order valence-electron chi connectivity index (χ0n) is 10.3. The molecule has 0 atom stereocenters. The molecule has 0 unspecified atom stereocenters. The molecule has 0 heterocycles. The first kappa shape index (κ1) is 12.3. The zero-order valence-corrected chi connectivity index (χ0v) is 10.3. The first-order chi connectivity index (χ1) is 7.38. The average Bonchev–Trinajstić information content (AvgIpc) is 2.24. The zero-order chi connectivity index (χ0) is 10.9. The van der Waals surface area contributed by atoms with Gasteiger partial charge in [0.15, 0.2) is 0 Å². The second kappa shape index (κ2) is 7.50. The van der Waals surface area contributed by atoms with E-state index in [9.17, 15) is 0 Å². The van der Waals surface area contributed by atoms with Crippen molar-refractivity contribution in [2.45, 2.75) is 58.8 Å². The molecule has 2 aliphatic rings. The van der Waals surface area contributed by atoms with Gasteiger partial charge >= 0.3 is 0 Å². The lowest BCUT2D eigenvalue weighted by Gasteiger charge is -2.10. The van der Waals surface area contributed by atoms with Crippen molar-refractivity contribution in [1.29, 1.82) is 0 Å². The predicted octanol–water partition coefficient (Wildman–Crippen LogP) is 5.42. The minimum atomic E-state index is 1.37. The molecule has 0 aliphatic heterocycles. The molecule has 0 aromatic heterocycles. The van der Waals surface area contributed by atoms with Crippen LogP contribution < -0.4 is 0 Å². The molecule has 15 heavy (non-hydrogen) atoms. The molecule has 2 rings (SSSR count). The fraction of sp³-hybridized carbons (Fsp3) is 0.600. The minimum absolute atomic E-state index is 1.37. The van der Waals surface area contributed by atoms with E-state index in [-0.39, 0.29) is 0 Å². The number of rotatable bonds is 6. The molecule has 0 aromatic rings. The van der Waals surface area contributed by atoms with Crippen molar-refractivity contribution < 1.29 is 0 Å². The second-order valence-corrected chi connectivity index (χ2v) is 4.35. The fourth-order valence-corrected chi connectivity index (χ4v) is 1.69. The maximum atomic E-state index is 2.26. The first-order valence-electron chi connectivity index (χ1n) is 6.49. The summed E-state index contributed by atoms with van der Waals surface area (Å²) in [6.07, 6.45) is 9.97. The van der Waals surface area contributed by atoms with Gasteiger partial charge in [-0.3, -0.25) is 0 Å². The van der Waals surface area contributed by atoms with Crippen LogP contribution in [0.4, 0.5) is 0 Å². The number of hydrogen-bond donors (Lipinski definition) is 0. The van der Waals surface area contributed by atoms with E-state index in [4.69, 9.17) is 0 Å². The molecule has 0 amide bonds. The maximum absolute atomic E-state index is 2.26. The van der Waals surface area contributed by atoms with Crippen molar-refractivity contribution in [2.75, 3.05) is 0 Å². The highest BCUT2D eigenvalue weighted by Crippen LogP contribution is 2.29. The van der Waals surface area contributed by atoms with Gasteiger partial charge in [0.05, 0.1) is 0 Å². The molecular weight excluding hydrogens is 180 g/mol. The predicted molar refractivity (Wildman–Crippen MR) is 69.1 cm³/mol. The van der Waals surface area contributed by atoms with Crippen LogP contribution >= 0.6 is 0 Å². The van der Waals surface area contributed by atoms with Crippen LogP contribution in [-0.2, 0) is 0 Å². The van der Waals surface area contributed by atoms with Gasteiger partial charge in [-0.15, -0.1) is 0 Å². The lowest BCUT2D eigenvalue weighted by Crippen LogP contribution is -1.85. The van der Waals surface area contributed by atoms with Crippen molar-refractivity contribution >= 4 is 0 Å². The van der Waals surface area contributed by atoms with Crippen molar-refractivity contribution in [2.24, 2.45) is 0 Å². The van der Waals surface area contributed by atoms with Gasteiger partial charge in [0.1, 0.15) is 0 Å². The summed E-state index contributed by atoms with van der Waals surface area (Å²) in [4.78, 5) is 0. The summed E-state index contributed by atoms with van der Waals surface area (Å²) in [5, 5.41) is 0. The summed E-state index contributed by atoms with van der Waals surface area (Å²) in [6, 6.07) is 8.48. The Kier molecular flexibility index (Phi) is 6.15. The highest BCUT2D eigenvalue weighted by Gasteiger charge is 2.03. The quantitative estimate of drug-likeness (QED) is 0.551. The Morgan fingerprint density at radius 3 is 1.13 bits per heavy atom. The molecule has 0 saturated heterocycles. The smallest absolute Gasteiger partial charge is 0.0184 e. The van der Waals surface area contributed by atoms with E-state index in [2.05, 4.69) is 38.1 Å². The lowest BCUT2D eigenvalue weighted by atomic mass is 9.95. The Morgan fingerprint density at radius 2 is 0.933 bits per heavy atom. The normalized spacial score (nSPS) is 10.5. The third-order valence-corrected chi connectivity index (χ3v) is 2.93. The van der Waals surface area contributed by atoms with E-state index >= 15 is 0 Å². The van der Waals surface area contributed by atoms with Gasteiger partial charge in [-0.1, -0.05) is 83.1 Å². The number of unbranched alkanes of at least 4 members (excludes halogenated alkanes) is 6. The topological polar surface area (TPSA) is 0 Å². The van der Waals surface area contributed by atoms with Gasteiger partial charge in [0.25, 0.3) is 0 Å². The molecular formula is C15H24. The lowest BCUT2D eigenvalue weighted by molar-refractivity contribution is 0.602. The monoisotopic (exact) mass is 204 g/mol. The van der Waals surface area contributed by atoms with E-state index in [0.717, 1.165) is 0 Å². The Bertz CT molecular complexity index is 218.